The zero-order valence-electron chi connectivity index (χ0n) is 25.8. The number of nitrogens with zero attached hydrogens (tertiary/aromatic N) is 1. The maximum absolute atomic E-state index is 11.1. The molecule has 7 nitrogen and oxygen atoms in total. The summed E-state index contributed by atoms with van der Waals surface area (Å²) in [7, 11) is 0. The molecule has 0 unspecified atom stereocenters. The van der Waals surface area contributed by atoms with Gasteiger partial charge in [0, 0.05) is 0 Å². The van der Waals surface area contributed by atoms with Crippen LogP contribution >= 0.6 is 0 Å². The highest BCUT2D eigenvalue weighted by atomic mass is 16.4. The van der Waals surface area contributed by atoms with E-state index in [9.17, 15) is 14.4 Å². The predicted molar refractivity (Wildman–Crippen MR) is 164 cm³/mol. The SMILES string of the molecule is CCCCCCCCCCCC/C=C/CCCCCCCCCC[N+](CCC(=O)O)(CCC(=O)O)CCC(=O)O. The molecule has 234 valence electrons. The maximum atomic E-state index is 11.1. The molecule has 0 aromatic carbocycles. The van der Waals surface area contributed by atoms with Gasteiger partial charge in [0.05, 0.1) is 45.4 Å². The lowest BCUT2D eigenvalue weighted by atomic mass is 10.1. The van der Waals surface area contributed by atoms with Crippen LogP contribution in [0.1, 0.15) is 155 Å². The van der Waals surface area contributed by atoms with E-state index in [4.69, 9.17) is 15.3 Å². The van der Waals surface area contributed by atoms with E-state index in [1.165, 1.54) is 109 Å². The fourth-order valence-electron chi connectivity index (χ4n) is 5.42. The second-order valence-corrected chi connectivity index (χ2v) is 11.7. The highest BCUT2D eigenvalue weighted by Gasteiger charge is 2.29. The van der Waals surface area contributed by atoms with Gasteiger partial charge in [0.25, 0.3) is 0 Å². The zero-order valence-corrected chi connectivity index (χ0v) is 25.8. The Morgan fingerprint density at radius 1 is 0.450 bits per heavy atom. The molecule has 0 fully saturated rings. The van der Waals surface area contributed by atoms with Crippen LogP contribution in [0.3, 0.4) is 0 Å². The minimum Gasteiger partial charge on any atom is -0.481 e. The number of rotatable bonds is 31. The van der Waals surface area contributed by atoms with Crippen LogP contribution in [0.4, 0.5) is 0 Å². The number of carbonyl (C=O) groups is 3. The number of carboxylic acids is 3. The summed E-state index contributed by atoms with van der Waals surface area (Å²) in [4.78, 5) is 33.4. The molecule has 0 aliphatic heterocycles. The van der Waals surface area contributed by atoms with Crippen molar-refractivity contribution >= 4 is 17.9 Å². The van der Waals surface area contributed by atoms with E-state index < -0.39 is 17.9 Å². The highest BCUT2D eigenvalue weighted by molar-refractivity contribution is 5.67. The number of unbranched alkanes of at least 4 members (excludes halogenated alkanes) is 18. The largest absolute Gasteiger partial charge is 0.481 e. The summed E-state index contributed by atoms with van der Waals surface area (Å²) in [6.07, 6.45) is 29.9. The summed E-state index contributed by atoms with van der Waals surface area (Å²) in [5.74, 6) is -2.80. The summed E-state index contributed by atoms with van der Waals surface area (Å²) in [6.45, 7) is 3.75. The Labute approximate surface area is 245 Å². The predicted octanol–water partition coefficient (Wildman–Crippen LogP) is 8.61. The first-order valence-electron chi connectivity index (χ1n) is 16.5. The molecule has 0 saturated carbocycles. The lowest BCUT2D eigenvalue weighted by Gasteiger charge is -2.38. The van der Waals surface area contributed by atoms with Gasteiger partial charge in [-0.2, -0.15) is 0 Å². The maximum Gasteiger partial charge on any atom is 0.309 e. The normalized spacial score (nSPS) is 11.8. The van der Waals surface area contributed by atoms with Crippen LogP contribution in [0.15, 0.2) is 12.2 Å². The molecule has 0 aromatic heterocycles. The van der Waals surface area contributed by atoms with E-state index >= 15 is 0 Å². The molecule has 0 rings (SSSR count). The van der Waals surface area contributed by atoms with E-state index in [-0.39, 0.29) is 43.4 Å². The summed E-state index contributed by atoms with van der Waals surface area (Å²) in [5, 5.41) is 27.4. The molecule has 40 heavy (non-hydrogen) atoms. The summed E-state index contributed by atoms with van der Waals surface area (Å²) in [5.41, 5.74) is 0. The number of aliphatic carboxylic acids is 3. The first-order valence-corrected chi connectivity index (χ1v) is 16.5. The molecule has 0 heterocycles. The fourth-order valence-corrected chi connectivity index (χ4v) is 5.42. The van der Waals surface area contributed by atoms with E-state index in [0.717, 1.165) is 19.3 Å². The quantitative estimate of drug-likeness (QED) is 0.0438. The Kier molecular flexibility index (Phi) is 26.0. The minimum absolute atomic E-state index is 0.0757. The van der Waals surface area contributed by atoms with Crippen LogP contribution < -0.4 is 0 Å². The highest BCUT2D eigenvalue weighted by Crippen LogP contribution is 2.17. The summed E-state index contributed by atoms with van der Waals surface area (Å²) in [6, 6.07) is 0. The van der Waals surface area contributed by atoms with Crippen LogP contribution in [-0.4, -0.2) is 63.9 Å². The Morgan fingerprint density at radius 2 is 0.750 bits per heavy atom. The standard InChI is InChI=1S/C33H61NO6/c1-2-3-4-5-6-7-8-9-10-11-12-13-14-15-16-17-18-19-20-21-22-23-27-34(28-24-31(35)36,29-25-32(37)38)30-26-33(39)40/h13-14H,2-12,15-30H2,1H3,(H2-,35,36,37,38,39,40)/p+1/b14-13+. The lowest BCUT2D eigenvalue weighted by molar-refractivity contribution is -0.927. The molecular weight excluding hydrogens is 506 g/mol. The van der Waals surface area contributed by atoms with Crippen LogP contribution in [-0.2, 0) is 14.4 Å². The van der Waals surface area contributed by atoms with Crippen LogP contribution in [0, 0.1) is 0 Å². The second-order valence-electron chi connectivity index (χ2n) is 11.7. The molecule has 0 aromatic rings. The Bertz CT molecular complexity index is 618. The summed E-state index contributed by atoms with van der Waals surface area (Å²) >= 11 is 0. The van der Waals surface area contributed by atoms with Crippen molar-refractivity contribution in [3.8, 4) is 0 Å². The molecule has 0 atom stereocenters. The van der Waals surface area contributed by atoms with Crippen molar-refractivity contribution < 1.29 is 34.2 Å². The van der Waals surface area contributed by atoms with Crippen molar-refractivity contribution in [3.05, 3.63) is 12.2 Å². The third kappa shape index (κ3) is 26.3. The number of carboxylic acid groups (broad SMARTS) is 3. The third-order valence-electron chi connectivity index (χ3n) is 8.04. The van der Waals surface area contributed by atoms with Gasteiger partial charge in [-0.15, -0.1) is 0 Å². The molecule has 0 aliphatic carbocycles. The van der Waals surface area contributed by atoms with Gasteiger partial charge in [-0.1, -0.05) is 109 Å². The van der Waals surface area contributed by atoms with Crippen molar-refractivity contribution in [1.82, 2.24) is 0 Å². The third-order valence-corrected chi connectivity index (χ3v) is 8.04. The summed E-state index contributed by atoms with van der Waals surface area (Å²) < 4.78 is 0.262. The average Bonchev–Trinajstić information content (AvgIpc) is 2.92. The smallest absolute Gasteiger partial charge is 0.309 e. The molecule has 0 radical (unpaired) electrons. The molecule has 0 spiro atoms. The Balaban J connectivity index is 3.85. The molecule has 0 bridgehead atoms. The number of hydrogen-bond donors (Lipinski definition) is 3. The number of hydrogen-bond acceptors (Lipinski definition) is 3. The van der Waals surface area contributed by atoms with Crippen molar-refractivity contribution in [1.29, 1.82) is 0 Å². The van der Waals surface area contributed by atoms with Gasteiger partial charge >= 0.3 is 17.9 Å². The van der Waals surface area contributed by atoms with Gasteiger partial charge in [-0.05, 0) is 38.5 Å². The van der Waals surface area contributed by atoms with E-state index in [1.807, 2.05) is 0 Å². The van der Waals surface area contributed by atoms with Gasteiger partial charge in [0.15, 0.2) is 0 Å². The van der Waals surface area contributed by atoms with E-state index in [1.54, 1.807) is 0 Å². The molecule has 0 amide bonds. The van der Waals surface area contributed by atoms with Crippen LogP contribution in [0.5, 0.6) is 0 Å². The Hall–Kier alpha value is -1.89. The molecule has 3 N–H and O–H groups in total. The van der Waals surface area contributed by atoms with Crippen molar-refractivity contribution in [3.63, 3.8) is 0 Å². The van der Waals surface area contributed by atoms with Crippen LogP contribution in [0.25, 0.3) is 0 Å². The molecule has 0 aliphatic rings. The van der Waals surface area contributed by atoms with Gasteiger partial charge < -0.3 is 19.8 Å². The van der Waals surface area contributed by atoms with Crippen LogP contribution in [0.2, 0.25) is 0 Å². The van der Waals surface area contributed by atoms with Gasteiger partial charge in [-0.3, -0.25) is 14.4 Å². The van der Waals surface area contributed by atoms with Gasteiger partial charge in [0.1, 0.15) is 0 Å². The van der Waals surface area contributed by atoms with Gasteiger partial charge in [0.2, 0.25) is 0 Å². The molecule has 7 heteroatoms. The molecule has 0 saturated heterocycles. The number of quaternary nitrogens is 1. The lowest BCUT2D eigenvalue weighted by Crippen LogP contribution is -2.52. The Morgan fingerprint density at radius 3 is 1.07 bits per heavy atom. The van der Waals surface area contributed by atoms with Gasteiger partial charge in [-0.25, -0.2) is 0 Å². The minimum atomic E-state index is -0.933. The second kappa shape index (κ2) is 27.3. The van der Waals surface area contributed by atoms with E-state index in [0.29, 0.717) is 6.54 Å². The first-order chi connectivity index (χ1) is 19.3. The topological polar surface area (TPSA) is 112 Å². The monoisotopic (exact) mass is 568 g/mol. The molecular formula is C33H62NO6+. The van der Waals surface area contributed by atoms with Crippen molar-refractivity contribution in [2.75, 3.05) is 26.2 Å². The average molecular weight is 569 g/mol. The van der Waals surface area contributed by atoms with Crippen molar-refractivity contribution in [2.24, 2.45) is 0 Å². The first kappa shape index (κ1) is 38.1. The zero-order chi connectivity index (χ0) is 29.7. The van der Waals surface area contributed by atoms with Crippen molar-refractivity contribution in [2.45, 2.75) is 155 Å². The van der Waals surface area contributed by atoms with E-state index in [2.05, 4.69) is 19.1 Å². The number of allylic oxidation sites excluding steroid dienone is 2. The fraction of sp³-hybridized carbons (Fsp3) is 0.848.